The summed E-state index contributed by atoms with van der Waals surface area (Å²) in [5, 5.41) is 3.93. The normalized spacial score (nSPS) is 26.2. The fourth-order valence-corrected chi connectivity index (χ4v) is 4.15. The van der Waals surface area contributed by atoms with Crippen molar-refractivity contribution < 1.29 is 0 Å². The summed E-state index contributed by atoms with van der Waals surface area (Å²) in [5.74, 6) is 0. The zero-order valence-corrected chi connectivity index (χ0v) is 9.29. The Morgan fingerprint density at radius 3 is 2.54 bits per heavy atom. The average Bonchev–Trinajstić information content (AvgIpc) is 2.69. The molecule has 3 heteroatoms. The van der Waals surface area contributed by atoms with Crippen molar-refractivity contribution in [3.05, 3.63) is 47.4 Å². The summed E-state index contributed by atoms with van der Waals surface area (Å²) in [6.45, 7) is 0. The van der Waals surface area contributed by atoms with E-state index in [-0.39, 0.29) is 4.75 Å². The van der Waals surface area contributed by atoms with Gasteiger partial charge in [0.25, 0.3) is 0 Å². The van der Waals surface area contributed by atoms with E-state index in [2.05, 4.69) is 23.6 Å². The molecule has 0 saturated heterocycles. The molecular formula is C10H8S3. The monoisotopic (exact) mass is 224 g/mol. The Kier molecular flexibility index (Phi) is 2.77. The zero-order chi connectivity index (χ0) is 9.15. The van der Waals surface area contributed by atoms with Crippen molar-refractivity contribution in [2.75, 3.05) is 0 Å². The molecule has 1 aromatic carbocycles. The number of rotatable bonds is 2. The molecule has 1 aliphatic heterocycles. The molecular weight excluding hydrogens is 216 g/mol. The number of hydrogen-bond acceptors (Lipinski definition) is 3. The molecule has 1 unspecified atom stereocenters. The first-order valence-electron chi connectivity index (χ1n) is 3.91. The molecule has 1 aliphatic rings. The first kappa shape index (κ1) is 9.31. The molecule has 0 nitrogen and oxygen atoms in total. The third kappa shape index (κ3) is 1.68. The van der Waals surface area contributed by atoms with Crippen LogP contribution in [0.4, 0.5) is 0 Å². The highest BCUT2D eigenvalue weighted by Crippen LogP contribution is 2.49. The molecule has 0 aliphatic carbocycles. The van der Waals surface area contributed by atoms with Gasteiger partial charge in [-0.15, -0.1) is 0 Å². The van der Waals surface area contributed by atoms with E-state index in [1.807, 2.05) is 23.6 Å². The van der Waals surface area contributed by atoms with Crippen LogP contribution in [0.2, 0.25) is 0 Å². The van der Waals surface area contributed by atoms with Gasteiger partial charge in [-0.25, -0.2) is 0 Å². The van der Waals surface area contributed by atoms with Gasteiger partial charge in [0.2, 0.25) is 0 Å². The molecule has 2 rings (SSSR count). The van der Waals surface area contributed by atoms with Crippen LogP contribution < -0.4 is 0 Å². The van der Waals surface area contributed by atoms with E-state index in [0.29, 0.717) is 0 Å². The lowest BCUT2D eigenvalue weighted by Crippen LogP contribution is -2.16. The summed E-state index contributed by atoms with van der Waals surface area (Å²) in [4.78, 5) is 0. The van der Waals surface area contributed by atoms with Gasteiger partial charge in [0.05, 0.1) is 4.75 Å². The molecule has 1 heterocycles. The summed E-state index contributed by atoms with van der Waals surface area (Å²) in [6.07, 6.45) is 2.16. The third-order valence-corrected chi connectivity index (χ3v) is 5.04. The van der Waals surface area contributed by atoms with Gasteiger partial charge in [-0.1, -0.05) is 70.2 Å². The van der Waals surface area contributed by atoms with Crippen molar-refractivity contribution in [3.63, 3.8) is 0 Å². The molecule has 1 atom stereocenters. The summed E-state index contributed by atoms with van der Waals surface area (Å²) in [5.41, 5.74) is 1.26. The minimum Gasteiger partial charge on any atom is -0.0912 e. The van der Waals surface area contributed by atoms with Crippen molar-refractivity contribution in [1.29, 1.82) is 0 Å². The SMILES string of the molecule is S=CC1(c2ccccc2)C=CSS1. The van der Waals surface area contributed by atoms with Crippen LogP contribution in [0.3, 0.4) is 0 Å². The Labute approximate surface area is 91.2 Å². The quantitative estimate of drug-likeness (QED) is 0.554. The minimum atomic E-state index is -0.0821. The van der Waals surface area contributed by atoms with Crippen molar-refractivity contribution in [2.24, 2.45) is 0 Å². The average molecular weight is 224 g/mol. The molecule has 0 N–H and O–H groups in total. The van der Waals surface area contributed by atoms with Crippen molar-refractivity contribution in [3.8, 4) is 0 Å². The lowest BCUT2D eigenvalue weighted by Gasteiger charge is -2.20. The van der Waals surface area contributed by atoms with Crippen LogP contribution in [0.5, 0.6) is 0 Å². The highest BCUT2D eigenvalue weighted by molar-refractivity contribution is 8.78. The molecule has 0 amide bonds. The predicted molar refractivity (Wildman–Crippen MR) is 66.1 cm³/mol. The van der Waals surface area contributed by atoms with Gasteiger partial charge >= 0.3 is 0 Å². The van der Waals surface area contributed by atoms with Gasteiger partial charge in [-0.2, -0.15) is 0 Å². The lowest BCUT2D eigenvalue weighted by atomic mass is 10.0. The molecule has 0 saturated carbocycles. The van der Waals surface area contributed by atoms with Gasteiger partial charge in [0.1, 0.15) is 0 Å². The molecule has 0 spiro atoms. The van der Waals surface area contributed by atoms with Crippen LogP contribution in [0.25, 0.3) is 0 Å². The second-order valence-corrected chi connectivity index (χ2v) is 5.38. The summed E-state index contributed by atoms with van der Waals surface area (Å²) >= 11 is 5.10. The fraction of sp³-hybridized carbons (Fsp3) is 0.100. The lowest BCUT2D eigenvalue weighted by molar-refractivity contribution is 1.11. The van der Waals surface area contributed by atoms with E-state index in [0.717, 1.165) is 0 Å². The van der Waals surface area contributed by atoms with Crippen LogP contribution in [0, 0.1) is 0 Å². The number of benzene rings is 1. The Balaban J connectivity index is 2.43. The largest absolute Gasteiger partial charge is 0.0985 e. The maximum atomic E-state index is 5.10. The van der Waals surface area contributed by atoms with E-state index in [1.165, 1.54) is 5.56 Å². The molecule has 13 heavy (non-hydrogen) atoms. The molecule has 66 valence electrons. The Bertz CT molecular complexity index is 331. The first-order valence-corrected chi connectivity index (χ1v) is 6.60. The summed E-state index contributed by atoms with van der Waals surface area (Å²) in [6, 6.07) is 10.4. The summed E-state index contributed by atoms with van der Waals surface area (Å²) < 4.78 is -0.0821. The zero-order valence-electron chi connectivity index (χ0n) is 6.84. The number of thiocarbonyl (C=S) groups is 1. The van der Waals surface area contributed by atoms with E-state index >= 15 is 0 Å². The van der Waals surface area contributed by atoms with Gasteiger partial charge in [0, 0.05) is 5.37 Å². The van der Waals surface area contributed by atoms with E-state index < -0.39 is 0 Å². The molecule has 0 bridgehead atoms. The van der Waals surface area contributed by atoms with Crippen molar-refractivity contribution in [1.82, 2.24) is 0 Å². The highest BCUT2D eigenvalue weighted by atomic mass is 33.1. The van der Waals surface area contributed by atoms with Crippen molar-refractivity contribution >= 4 is 39.2 Å². The topological polar surface area (TPSA) is 0 Å². The van der Waals surface area contributed by atoms with E-state index in [9.17, 15) is 0 Å². The second-order valence-electron chi connectivity index (χ2n) is 2.76. The second kappa shape index (κ2) is 3.86. The maximum Gasteiger partial charge on any atom is 0.0985 e. The Morgan fingerprint density at radius 2 is 2.00 bits per heavy atom. The smallest absolute Gasteiger partial charge is 0.0912 e. The van der Waals surface area contributed by atoms with Crippen LogP contribution in [-0.4, -0.2) is 5.37 Å². The van der Waals surface area contributed by atoms with Crippen LogP contribution in [0.15, 0.2) is 41.8 Å². The number of hydrogen-bond donors (Lipinski definition) is 0. The van der Waals surface area contributed by atoms with E-state index in [4.69, 9.17) is 12.2 Å². The first-order chi connectivity index (χ1) is 6.37. The van der Waals surface area contributed by atoms with Gasteiger partial charge in [-0.3, -0.25) is 0 Å². The Morgan fingerprint density at radius 1 is 1.23 bits per heavy atom. The standard InChI is InChI=1S/C10H8S3/c11-8-10(6-7-12-13-10)9-4-2-1-3-5-9/h1-8H. The van der Waals surface area contributed by atoms with E-state index in [1.54, 1.807) is 21.6 Å². The summed E-state index contributed by atoms with van der Waals surface area (Å²) in [7, 11) is 3.53. The minimum absolute atomic E-state index is 0.0821. The van der Waals surface area contributed by atoms with Crippen molar-refractivity contribution in [2.45, 2.75) is 4.75 Å². The maximum absolute atomic E-state index is 5.10. The Hall–Kier alpha value is -0.250. The third-order valence-electron chi connectivity index (χ3n) is 1.96. The molecule has 0 radical (unpaired) electrons. The molecule has 1 aromatic rings. The van der Waals surface area contributed by atoms with Crippen LogP contribution in [-0.2, 0) is 4.75 Å². The molecule has 0 fully saturated rings. The van der Waals surface area contributed by atoms with Crippen LogP contribution in [0.1, 0.15) is 5.56 Å². The predicted octanol–water partition coefficient (Wildman–Crippen LogP) is 3.79. The van der Waals surface area contributed by atoms with Gasteiger partial charge < -0.3 is 0 Å². The highest BCUT2D eigenvalue weighted by Gasteiger charge is 2.30. The van der Waals surface area contributed by atoms with Crippen LogP contribution >= 0.6 is 33.8 Å². The fourth-order valence-electron chi connectivity index (χ4n) is 1.23. The molecule has 0 aromatic heterocycles. The van der Waals surface area contributed by atoms with Gasteiger partial charge in [0.15, 0.2) is 0 Å². The van der Waals surface area contributed by atoms with Gasteiger partial charge in [-0.05, 0) is 11.0 Å².